The minimum absolute atomic E-state index is 0.0613. The van der Waals surface area contributed by atoms with E-state index in [4.69, 9.17) is 9.47 Å². The Hall–Kier alpha value is -2.70. The fraction of sp³-hybridized carbons (Fsp3) is 0.292. The van der Waals surface area contributed by atoms with Gasteiger partial charge in [0.1, 0.15) is 0 Å². The molecule has 3 aromatic rings. The van der Waals surface area contributed by atoms with Crippen LogP contribution < -0.4 is 0 Å². The smallest absolute Gasteiger partial charge is 0.310 e. The Labute approximate surface area is 177 Å². The second-order valence-electron chi connectivity index (χ2n) is 7.24. The van der Waals surface area contributed by atoms with Crippen LogP contribution in [-0.2, 0) is 37.1 Å². The number of hydrogen-bond acceptors (Lipinski definition) is 5. The molecule has 0 aliphatic carbocycles. The van der Waals surface area contributed by atoms with Gasteiger partial charge in [0.2, 0.25) is 0 Å². The summed E-state index contributed by atoms with van der Waals surface area (Å²) in [5, 5.41) is 2.14. The Balaban J connectivity index is 1.57. The fourth-order valence-electron chi connectivity index (χ4n) is 3.37. The average Bonchev–Trinajstić information content (AvgIpc) is 2.73. The molecule has 0 aromatic heterocycles. The third-order valence-corrected chi connectivity index (χ3v) is 6.78. The molecule has 0 spiro atoms. The molecule has 5 nitrogen and oxygen atoms in total. The lowest BCUT2D eigenvalue weighted by Crippen LogP contribution is -2.14. The number of rotatable bonds is 9. The summed E-state index contributed by atoms with van der Waals surface area (Å²) in [7, 11) is -1.76. The van der Waals surface area contributed by atoms with E-state index in [0.717, 1.165) is 27.5 Å². The van der Waals surface area contributed by atoms with Gasteiger partial charge in [0.05, 0.1) is 30.3 Å². The number of benzene rings is 3. The molecule has 0 heterocycles. The van der Waals surface area contributed by atoms with Crippen LogP contribution in [-0.4, -0.2) is 33.9 Å². The van der Waals surface area contributed by atoms with Gasteiger partial charge in [-0.3, -0.25) is 4.79 Å². The van der Waals surface area contributed by atoms with E-state index >= 15 is 0 Å². The first-order chi connectivity index (χ1) is 14.4. The molecule has 0 aliphatic heterocycles. The van der Waals surface area contributed by atoms with Crippen LogP contribution >= 0.6 is 0 Å². The lowest BCUT2D eigenvalue weighted by molar-refractivity contribution is -0.142. The number of hydrogen-bond donors (Lipinski definition) is 0. The van der Waals surface area contributed by atoms with Crippen LogP contribution in [0.4, 0.5) is 0 Å². The highest BCUT2D eigenvalue weighted by molar-refractivity contribution is 7.91. The first-order valence-corrected chi connectivity index (χ1v) is 11.5. The number of carbonyl (C=O) groups is 1. The van der Waals surface area contributed by atoms with E-state index in [9.17, 15) is 13.2 Å². The van der Waals surface area contributed by atoms with Gasteiger partial charge >= 0.3 is 5.97 Å². The van der Waals surface area contributed by atoms with Crippen molar-refractivity contribution in [1.82, 2.24) is 0 Å². The molecule has 158 valence electrons. The third-order valence-electron chi connectivity index (χ3n) is 4.96. The Morgan fingerprint density at radius 2 is 1.70 bits per heavy atom. The summed E-state index contributed by atoms with van der Waals surface area (Å²) in [6, 6.07) is 18.6. The van der Waals surface area contributed by atoms with Crippen molar-refractivity contribution in [3.05, 3.63) is 77.4 Å². The predicted molar refractivity (Wildman–Crippen MR) is 117 cm³/mol. The first-order valence-electron chi connectivity index (χ1n) is 9.84. The van der Waals surface area contributed by atoms with Crippen LogP contribution in [0, 0.1) is 6.92 Å². The lowest BCUT2D eigenvalue weighted by atomic mass is 9.97. The van der Waals surface area contributed by atoms with Crippen LogP contribution in [0.3, 0.4) is 0 Å². The average molecular weight is 427 g/mol. The molecule has 30 heavy (non-hydrogen) atoms. The van der Waals surface area contributed by atoms with Gasteiger partial charge in [-0.15, -0.1) is 0 Å². The number of carbonyl (C=O) groups excluding carboxylic acids is 1. The second kappa shape index (κ2) is 9.87. The Bertz CT molecular complexity index is 1120. The van der Waals surface area contributed by atoms with Crippen LogP contribution in [0.15, 0.2) is 65.6 Å². The predicted octanol–water partition coefficient (Wildman–Crippen LogP) is 4.24. The highest BCUT2D eigenvalue weighted by Crippen LogP contribution is 2.24. The van der Waals surface area contributed by atoms with Gasteiger partial charge < -0.3 is 9.47 Å². The molecule has 0 saturated carbocycles. The summed E-state index contributed by atoms with van der Waals surface area (Å²) in [6.07, 6.45) is 0.374. The zero-order valence-electron chi connectivity index (χ0n) is 17.3. The number of methoxy groups -OCH3 is 1. The Morgan fingerprint density at radius 3 is 2.43 bits per heavy atom. The molecule has 3 aromatic carbocycles. The SMILES string of the molecule is COCc1c(CC(=O)OCCCS(=O)(=O)c2ccc(C)cc2)ccc2ccccc12. The Morgan fingerprint density at radius 1 is 0.967 bits per heavy atom. The van der Waals surface area contributed by atoms with Crippen LogP contribution in [0.1, 0.15) is 23.1 Å². The largest absolute Gasteiger partial charge is 0.465 e. The van der Waals surface area contributed by atoms with Gasteiger partial charge in [-0.25, -0.2) is 8.42 Å². The summed E-state index contributed by atoms with van der Waals surface area (Å²) in [5.74, 6) is -0.441. The summed E-state index contributed by atoms with van der Waals surface area (Å²) < 4.78 is 35.4. The summed E-state index contributed by atoms with van der Waals surface area (Å²) in [5.41, 5.74) is 2.83. The van der Waals surface area contributed by atoms with Gasteiger partial charge in [-0.05, 0) is 47.4 Å². The van der Waals surface area contributed by atoms with E-state index in [0.29, 0.717) is 11.5 Å². The number of aryl methyl sites for hydroxylation is 1. The van der Waals surface area contributed by atoms with E-state index in [-0.39, 0.29) is 31.2 Å². The fourth-order valence-corrected chi connectivity index (χ4v) is 4.65. The maximum absolute atomic E-state index is 12.4. The number of fused-ring (bicyclic) bond motifs is 1. The first kappa shape index (κ1) is 22.0. The minimum Gasteiger partial charge on any atom is -0.465 e. The molecule has 0 radical (unpaired) electrons. The van der Waals surface area contributed by atoms with E-state index in [2.05, 4.69) is 0 Å². The van der Waals surface area contributed by atoms with Crippen molar-refractivity contribution < 1.29 is 22.7 Å². The van der Waals surface area contributed by atoms with Crippen LogP contribution in [0.5, 0.6) is 0 Å². The number of esters is 1. The Kier molecular flexibility index (Phi) is 7.24. The zero-order chi connectivity index (χ0) is 21.6. The molecular weight excluding hydrogens is 400 g/mol. The quantitative estimate of drug-likeness (QED) is 0.378. The minimum atomic E-state index is -3.38. The van der Waals surface area contributed by atoms with Crippen molar-refractivity contribution in [2.75, 3.05) is 19.5 Å². The summed E-state index contributed by atoms with van der Waals surface area (Å²) in [6.45, 7) is 2.37. The van der Waals surface area contributed by atoms with Crippen molar-refractivity contribution >= 4 is 26.6 Å². The van der Waals surface area contributed by atoms with Gasteiger partial charge in [0.15, 0.2) is 9.84 Å². The molecule has 3 rings (SSSR count). The van der Waals surface area contributed by atoms with Crippen molar-refractivity contribution in [2.24, 2.45) is 0 Å². The van der Waals surface area contributed by atoms with E-state index in [1.807, 2.05) is 43.3 Å². The molecule has 0 fully saturated rings. The van der Waals surface area contributed by atoms with Crippen molar-refractivity contribution in [3.63, 3.8) is 0 Å². The molecule has 0 amide bonds. The second-order valence-corrected chi connectivity index (χ2v) is 9.35. The molecule has 6 heteroatoms. The maximum atomic E-state index is 12.4. The molecule has 0 saturated heterocycles. The van der Waals surface area contributed by atoms with Crippen molar-refractivity contribution in [2.45, 2.75) is 31.3 Å². The van der Waals surface area contributed by atoms with Gasteiger partial charge in [-0.1, -0.05) is 54.1 Å². The van der Waals surface area contributed by atoms with Crippen LogP contribution in [0.25, 0.3) is 10.8 Å². The van der Waals surface area contributed by atoms with E-state index in [1.54, 1.807) is 31.4 Å². The molecule has 0 bridgehead atoms. The van der Waals surface area contributed by atoms with Crippen LogP contribution in [0.2, 0.25) is 0 Å². The topological polar surface area (TPSA) is 69.7 Å². The number of ether oxygens (including phenoxy) is 2. The van der Waals surface area contributed by atoms with Gasteiger partial charge in [0, 0.05) is 7.11 Å². The highest BCUT2D eigenvalue weighted by Gasteiger charge is 2.15. The van der Waals surface area contributed by atoms with Crippen molar-refractivity contribution in [3.8, 4) is 0 Å². The normalized spacial score (nSPS) is 11.5. The molecule has 0 aliphatic rings. The molecule has 0 N–H and O–H groups in total. The molecule has 0 atom stereocenters. The monoisotopic (exact) mass is 426 g/mol. The zero-order valence-corrected chi connectivity index (χ0v) is 18.1. The summed E-state index contributed by atoms with van der Waals surface area (Å²) >= 11 is 0. The lowest BCUT2D eigenvalue weighted by Gasteiger charge is -2.12. The molecule has 0 unspecified atom stereocenters. The third kappa shape index (κ3) is 5.46. The van der Waals surface area contributed by atoms with E-state index in [1.165, 1.54) is 0 Å². The summed E-state index contributed by atoms with van der Waals surface area (Å²) in [4.78, 5) is 12.6. The van der Waals surface area contributed by atoms with Gasteiger partial charge in [0.25, 0.3) is 0 Å². The van der Waals surface area contributed by atoms with E-state index < -0.39 is 9.84 Å². The molecular formula is C24H26O5S. The maximum Gasteiger partial charge on any atom is 0.310 e. The van der Waals surface area contributed by atoms with Crippen molar-refractivity contribution in [1.29, 1.82) is 0 Å². The van der Waals surface area contributed by atoms with Gasteiger partial charge in [-0.2, -0.15) is 0 Å². The highest BCUT2D eigenvalue weighted by atomic mass is 32.2. The standard InChI is InChI=1S/C24H26O5S/c1-18-8-12-21(13-9-18)30(26,27)15-5-14-29-24(25)16-20-11-10-19-6-3-4-7-22(19)23(20)17-28-2/h3-4,6-13H,5,14-17H2,1-2H3. The number of sulfone groups is 1.